The van der Waals surface area contributed by atoms with Crippen molar-refractivity contribution < 1.29 is 14.7 Å². The van der Waals surface area contributed by atoms with Gasteiger partial charge >= 0.3 is 6.09 Å². The van der Waals surface area contributed by atoms with Crippen molar-refractivity contribution >= 4 is 40.1 Å². The summed E-state index contributed by atoms with van der Waals surface area (Å²) in [6.07, 6.45) is 1.20. The van der Waals surface area contributed by atoms with Gasteiger partial charge < -0.3 is 10.4 Å². The summed E-state index contributed by atoms with van der Waals surface area (Å²) >= 11 is 4.52. The molecule has 2 aromatic rings. The van der Waals surface area contributed by atoms with Crippen LogP contribution in [0.4, 0.5) is 4.79 Å². The molecule has 0 aliphatic carbocycles. The summed E-state index contributed by atoms with van der Waals surface area (Å²) in [7, 11) is 0. The molecule has 2 heterocycles. The van der Waals surface area contributed by atoms with E-state index in [0.717, 1.165) is 11.2 Å². The first-order valence-electron chi connectivity index (χ1n) is 5.80. The van der Waals surface area contributed by atoms with Gasteiger partial charge in [0.2, 0.25) is 0 Å². The van der Waals surface area contributed by atoms with E-state index in [1.165, 1.54) is 11.8 Å². The largest absolute Gasteiger partial charge is 0.465 e. The standard InChI is InChI=1S/C13H10BrN3O3S/c14-11-4-3-10(9(17-11)6-16-13(19)20)21-12-8(7-18)2-1-5-15-12/h1-5,7,16H,6H2,(H,19,20). The average molecular weight is 368 g/mol. The van der Waals surface area contributed by atoms with Crippen molar-refractivity contribution in [2.75, 3.05) is 0 Å². The van der Waals surface area contributed by atoms with E-state index in [1.54, 1.807) is 30.5 Å². The van der Waals surface area contributed by atoms with E-state index in [2.05, 4.69) is 31.2 Å². The van der Waals surface area contributed by atoms with Crippen LogP contribution in [0.5, 0.6) is 0 Å². The Morgan fingerprint density at radius 2 is 2.24 bits per heavy atom. The van der Waals surface area contributed by atoms with E-state index < -0.39 is 6.09 Å². The highest BCUT2D eigenvalue weighted by atomic mass is 79.9. The predicted molar refractivity (Wildman–Crippen MR) is 80.5 cm³/mol. The Morgan fingerprint density at radius 3 is 2.95 bits per heavy atom. The highest BCUT2D eigenvalue weighted by Gasteiger charge is 2.11. The van der Waals surface area contributed by atoms with Gasteiger partial charge in [0.05, 0.1) is 12.2 Å². The molecule has 2 aromatic heterocycles. The molecule has 0 spiro atoms. The third kappa shape index (κ3) is 4.27. The van der Waals surface area contributed by atoms with E-state index in [4.69, 9.17) is 5.11 Å². The third-order valence-electron chi connectivity index (χ3n) is 2.44. The number of aldehydes is 1. The van der Waals surface area contributed by atoms with Gasteiger partial charge in [0, 0.05) is 16.7 Å². The average Bonchev–Trinajstić information content (AvgIpc) is 2.48. The molecule has 0 fully saturated rings. The zero-order chi connectivity index (χ0) is 15.2. The van der Waals surface area contributed by atoms with E-state index in [-0.39, 0.29) is 6.54 Å². The lowest BCUT2D eigenvalue weighted by Crippen LogP contribution is -2.21. The number of carbonyl (C=O) groups excluding carboxylic acids is 1. The number of rotatable bonds is 5. The van der Waals surface area contributed by atoms with Crippen molar-refractivity contribution in [3.05, 3.63) is 46.3 Å². The molecule has 0 saturated heterocycles. The highest BCUT2D eigenvalue weighted by molar-refractivity contribution is 9.10. The first-order valence-corrected chi connectivity index (χ1v) is 7.41. The molecule has 0 bridgehead atoms. The summed E-state index contributed by atoms with van der Waals surface area (Å²) in [5.41, 5.74) is 1.03. The van der Waals surface area contributed by atoms with Gasteiger partial charge in [-0.05, 0) is 40.2 Å². The van der Waals surface area contributed by atoms with E-state index in [0.29, 0.717) is 20.9 Å². The van der Waals surface area contributed by atoms with Gasteiger partial charge in [0.1, 0.15) is 9.63 Å². The maximum absolute atomic E-state index is 11.0. The quantitative estimate of drug-likeness (QED) is 0.623. The molecule has 0 aromatic carbocycles. The normalized spacial score (nSPS) is 10.1. The fraction of sp³-hybridized carbons (Fsp3) is 0.0769. The molecule has 0 unspecified atom stereocenters. The van der Waals surface area contributed by atoms with E-state index in [9.17, 15) is 9.59 Å². The summed E-state index contributed by atoms with van der Waals surface area (Å²) in [6.45, 7) is 0.0698. The molecule has 0 atom stereocenters. The van der Waals surface area contributed by atoms with Crippen LogP contribution >= 0.6 is 27.7 Å². The van der Waals surface area contributed by atoms with Crippen LogP contribution in [0.2, 0.25) is 0 Å². The smallest absolute Gasteiger partial charge is 0.404 e. The minimum absolute atomic E-state index is 0.0698. The van der Waals surface area contributed by atoms with Crippen molar-refractivity contribution in [2.45, 2.75) is 16.5 Å². The van der Waals surface area contributed by atoms with Crippen LogP contribution in [0.3, 0.4) is 0 Å². The molecule has 8 heteroatoms. The van der Waals surface area contributed by atoms with Crippen molar-refractivity contribution in [3.8, 4) is 0 Å². The summed E-state index contributed by atoms with van der Waals surface area (Å²) in [5, 5.41) is 11.5. The molecule has 2 rings (SSSR count). The van der Waals surface area contributed by atoms with Gasteiger partial charge in [-0.2, -0.15) is 0 Å². The molecule has 6 nitrogen and oxygen atoms in total. The fourth-order valence-corrected chi connectivity index (χ4v) is 2.80. The minimum Gasteiger partial charge on any atom is -0.465 e. The first kappa shape index (κ1) is 15.5. The lowest BCUT2D eigenvalue weighted by Gasteiger charge is -2.09. The number of nitrogens with one attached hydrogen (secondary N) is 1. The summed E-state index contributed by atoms with van der Waals surface area (Å²) in [5.74, 6) is 0. The van der Waals surface area contributed by atoms with Crippen molar-refractivity contribution in [2.24, 2.45) is 0 Å². The van der Waals surface area contributed by atoms with E-state index >= 15 is 0 Å². The maximum Gasteiger partial charge on any atom is 0.404 e. The number of carbonyl (C=O) groups is 2. The molecule has 0 aliphatic rings. The second-order valence-electron chi connectivity index (χ2n) is 3.86. The van der Waals surface area contributed by atoms with Crippen molar-refractivity contribution in [1.29, 1.82) is 0 Å². The van der Waals surface area contributed by atoms with Gasteiger partial charge in [0.25, 0.3) is 0 Å². The van der Waals surface area contributed by atoms with Crippen LogP contribution in [0.1, 0.15) is 16.1 Å². The Hall–Kier alpha value is -1.93. The fourth-order valence-electron chi connectivity index (χ4n) is 1.52. The Labute approximate surface area is 133 Å². The minimum atomic E-state index is -1.13. The van der Waals surface area contributed by atoms with Gasteiger partial charge in [0.15, 0.2) is 6.29 Å². The van der Waals surface area contributed by atoms with Crippen molar-refractivity contribution in [1.82, 2.24) is 15.3 Å². The van der Waals surface area contributed by atoms with E-state index in [1.807, 2.05) is 0 Å². The number of hydrogen-bond donors (Lipinski definition) is 2. The molecule has 108 valence electrons. The van der Waals surface area contributed by atoms with Gasteiger partial charge in [-0.15, -0.1) is 0 Å². The Bertz CT molecular complexity index is 681. The predicted octanol–water partition coefficient (Wildman–Crippen LogP) is 2.97. The van der Waals surface area contributed by atoms with Crippen LogP contribution in [-0.4, -0.2) is 27.5 Å². The molecule has 0 saturated carbocycles. The maximum atomic E-state index is 11.0. The summed E-state index contributed by atoms with van der Waals surface area (Å²) < 4.78 is 0.602. The number of aromatic nitrogens is 2. The van der Waals surface area contributed by atoms with Crippen LogP contribution < -0.4 is 5.32 Å². The molecule has 2 N–H and O–H groups in total. The number of hydrogen-bond acceptors (Lipinski definition) is 5. The highest BCUT2D eigenvalue weighted by Crippen LogP contribution is 2.30. The number of nitrogens with zero attached hydrogens (tertiary/aromatic N) is 2. The van der Waals surface area contributed by atoms with Crippen LogP contribution in [-0.2, 0) is 6.54 Å². The number of pyridine rings is 2. The second kappa shape index (κ2) is 7.19. The molecule has 0 aliphatic heterocycles. The topological polar surface area (TPSA) is 92.2 Å². The van der Waals surface area contributed by atoms with Crippen molar-refractivity contribution in [3.63, 3.8) is 0 Å². The Morgan fingerprint density at radius 1 is 1.43 bits per heavy atom. The Kier molecular flexibility index (Phi) is 5.29. The third-order valence-corrected chi connectivity index (χ3v) is 4.01. The number of amides is 1. The number of carboxylic acid groups (broad SMARTS) is 1. The van der Waals surface area contributed by atoms with Crippen LogP contribution in [0, 0.1) is 0 Å². The first-order chi connectivity index (χ1) is 10.1. The molecule has 1 amide bonds. The monoisotopic (exact) mass is 367 g/mol. The SMILES string of the molecule is O=Cc1cccnc1Sc1ccc(Br)nc1CNC(=O)O. The van der Waals surface area contributed by atoms with Gasteiger partial charge in [-0.3, -0.25) is 4.79 Å². The summed E-state index contributed by atoms with van der Waals surface area (Å²) in [6, 6.07) is 6.89. The number of halogens is 1. The molecular weight excluding hydrogens is 358 g/mol. The molecule has 21 heavy (non-hydrogen) atoms. The Balaban J connectivity index is 2.30. The lowest BCUT2D eigenvalue weighted by molar-refractivity contribution is 0.112. The van der Waals surface area contributed by atoms with Crippen LogP contribution in [0.25, 0.3) is 0 Å². The van der Waals surface area contributed by atoms with Gasteiger partial charge in [-0.25, -0.2) is 14.8 Å². The molecule has 0 radical (unpaired) electrons. The summed E-state index contributed by atoms with van der Waals surface area (Å²) in [4.78, 5) is 30.8. The second-order valence-corrected chi connectivity index (χ2v) is 5.70. The lowest BCUT2D eigenvalue weighted by atomic mass is 10.3. The van der Waals surface area contributed by atoms with Gasteiger partial charge in [-0.1, -0.05) is 11.8 Å². The molecular formula is C13H10BrN3O3S. The van der Waals surface area contributed by atoms with Crippen LogP contribution in [0.15, 0.2) is 45.0 Å². The zero-order valence-electron chi connectivity index (χ0n) is 10.6. The zero-order valence-corrected chi connectivity index (χ0v) is 13.0.